The molecule has 0 saturated carbocycles. The van der Waals surface area contributed by atoms with Gasteiger partial charge in [-0.3, -0.25) is 0 Å². The topological polar surface area (TPSA) is 41.6 Å². The van der Waals surface area contributed by atoms with Crippen LogP contribution in [0.25, 0.3) is 11.0 Å². The van der Waals surface area contributed by atoms with Gasteiger partial charge in [0.1, 0.15) is 10.9 Å². The van der Waals surface area contributed by atoms with Crippen LogP contribution in [0.3, 0.4) is 0 Å². The Morgan fingerprint density at radius 1 is 1.14 bits per heavy atom. The van der Waals surface area contributed by atoms with Crippen LogP contribution in [0, 0.1) is 6.92 Å². The van der Waals surface area contributed by atoms with Crippen LogP contribution in [-0.2, 0) is 6.18 Å². The molecule has 1 N–H and O–H groups in total. The molecule has 2 aromatic heterocycles. The number of hydrogen-bond acceptors (Lipinski definition) is 3. The van der Waals surface area contributed by atoms with Gasteiger partial charge in [0.25, 0.3) is 0 Å². The SMILES string of the molecule is Cc1nc2ccc(Sc3ccc(C(F)(F)F)cn3)cc2[nH]1. The Labute approximate surface area is 122 Å². The van der Waals surface area contributed by atoms with Gasteiger partial charge >= 0.3 is 6.18 Å². The van der Waals surface area contributed by atoms with Gasteiger partial charge in [0, 0.05) is 11.1 Å². The number of fused-ring (bicyclic) bond motifs is 1. The first-order valence-electron chi connectivity index (χ1n) is 6.09. The predicted octanol–water partition coefficient (Wildman–Crippen LogP) is 4.44. The summed E-state index contributed by atoms with van der Waals surface area (Å²) < 4.78 is 37.4. The lowest BCUT2D eigenvalue weighted by Gasteiger charge is -2.06. The fourth-order valence-electron chi connectivity index (χ4n) is 1.91. The minimum atomic E-state index is -4.36. The van der Waals surface area contributed by atoms with E-state index >= 15 is 0 Å². The van der Waals surface area contributed by atoms with E-state index in [1.54, 1.807) is 0 Å². The van der Waals surface area contributed by atoms with Gasteiger partial charge in [-0.2, -0.15) is 13.2 Å². The summed E-state index contributed by atoms with van der Waals surface area (Å²) in [6, 6.07) is 8.04. The standard InChI is InChI=1S/C14H10F3N3S/c1-8-19-11-4-3-10(6-12(11)20-8)21-13-5-2-9(7-18-13)14(15,16)17/h2-7H,1H3,(H,19,20). The third-order valence-corrected chi connectivity index (χ3v) is 3.80. The molecule has 0 fully saturated rings. The molecule has 0 bridgehead atoms. The van der Waals surface area contributed by atoms with Crippen molar-refractivity contribution in [2.75, 3.05) is 0 Å². The molecule has 0 aliphatic rings. The Bertz CT molecular complexity index is 778. The van der Waals surface area contributed by atoms with Crippen LogP contribution >= 0.6 is 11.8 Å². The summed E-state index contributed by atoms with van der Waals surface area (Å²) >= 11 is 1.30. The number of aryl methyl sites for hydroxylation is 1. The second-order valence-corrected chi connectivity index (χ2v) is 5.58. The quantitative estimate of drug-likeness (QED) is 0.761. The highest BCUT2D eigenvalue weighted by Gasteiger charge is 2.30. The Kier molecular flexibility index (Phi) is 3.36. The number of nitrogens with zero attached hydrogens (tertiary/aromatic N) is 2. The normalized spacial score (nSPS) is 12.0. The van der Waals surface area contributed by atoms with Crippen LogP contribution in [0.2, 0.25) is 0 Å². The molecule has 0 aliphatic carbocycles. The van der Waals surface area contributed by atoms with E-state index < -0.39 is 11.7 Å². The van der Waals surface area contributed by atoms with E-state index in [0.717, 1.165) is 34.0 Å². The van der Waals surface area contributed by atoms with Crippen molar-refractivity contribution in [3.63, 3.8) is 0 Å². The maximum Gasteiger partial charge on any atom is 0.417 e. The highest BCUT2D eigenvalue weighted by molar-refractivity contribution is 7.99. The number of nitrogens with one attached hydrogen (secondary N) is 1. The largest absolute Gasteiger partial charge is 0.417 e. The summed E-state index contributed by atoms with van der Waals surface area (Å²) in [5.74, 6) is 0.819. The molecule has 108 valence electrons. The number of halogens is 3. The van der Waals surface area contributed by atoms with Crippen molar-refractivity contribution in [1.29, 1.82) is 0 Å². The van der Waals surface area contributed by atoms with Gasteiger partial charge in [-0.05, 0) is 37.3 Å². The molecule has 21 heavy (non-hydrogen) atoms. The van der Waals surface area contributed by atoms with E-state index in [1.807, 2.05) is 25.1 Å². The number of aromatic nitrogens is 3. The number of rotatable bonds is 2. The van der Waals surface area contributed by atoms with E-state index in [9.17, 15) is 13.2 Å². The van der Waals surface area contributed by atoms with E-state index in [0.29, 0.717) is 5.03 Å². The number of imidazole rings is 1. The molecule has 1 aromatic carbocycles. The molecule has 0 atom stereocenters. The molecule has 3 nitrogen and oxygen atoms in total. The molecule has 0 spiro atoms. The molecular weight excluding hydrogens is 299 g/mol. The van der Waals surface area contributed by atoms with Crippen molar-refractivity contribution >= 4 is 22.8 Å². The smallest absolute Gasteiger partial charge is 0.342 e. The van der Waals surface area contributed by atoms with Gasteiger partial charge < -0.3 is 4.98 Å². The van der Waals surface area contributed by atoms with Crippen LogP contribution in [0.1, 0.15) is 11.4 Å². The van der Waals surface area contributed by atoms with Crippen LogP contribution < -0.4 is 0 Å². The fourth-order valence-corrected chi connectivity index (χ4v) is 2.70. The van der Waals surface area contributed by atoms with Crippen LogP contribution in [0.4, 0.5) is 13.2 Å². The maximum absolute atomic E-state index is 12.5. The third kappa shape index (κ3) is 3.02. The Morgan fingerprint density at radius 3 is 2.62 bits per heavy atom. The predicted molar refractivity (Wildman–Crippen MR) is 74.2 cm³/mol. The summed E-state index contributed by atoms with van der Waals surface area (Å²) in [5.41, 5.74) is 1.01. The number of pyridine rings is 1. The minimum absolute atomic E-state index is 0.513. The van der Waals surface area contributed by atoms with E-state index in [2.05, 4.69) is 15.0 Å². The third-order valence-electron chi connectivity index (χ3n) is 2.86. The Morgan fingerprint density at radius 2 is 1.95 bits per heavy atom. The zero-order valence-corrected chi connectivity index (χ0v) is 11.7. The van der Waals surface area contributed by atoms with E-state index in [4.69, 9.17) is 0 Å². The first-order chi connectivity index (χ1) is 9.91. The summed E-state index contributed by atoms with van der Waals surface area (Å²) in [6.07, 6.45) is -3.51. The summed E-state index contributed by atoms with van der Waals surface area (Å²) in [5, 5.41) is 0.513. The van der Waals surface area contributed by atoms with Crippen molar-refractivity contribution in [3.8, 4) is 0 Å². The average Bonchev–Trinajstić information content (AvgIpc) is 2.78. The van der Waals surface area contributed by atoms with Crippen LogP contribution in [0.5, 0.6) is 0 Å². The molecule has 0 aliphatic heterocycles. The lowest BCUT2D eigenvalue weighted by Crippen LogP contribution is -2.04. The number of aromatic amines is 1. The summed E-state index contributed by atoms with van der Waals surface area (Å²) in [6.45, 7) is 1.87. The zero-order valence-electron chi connectivity index (χ0n) is 10.9. The number of H-pyrrole nitrogens is 1. The van der Waals surface area contributed by atoms with Gasteiger partial charge in [0.15, 0.2) is 0 Å². The van der Waals surface area contributed by atoms with Gasteiger partial charge in [-0.1, -0.05) is 11.8 Å². The first-order valence-corrected chi connectivity index (χ1v) is 6.91. The molecular formula is C14H10F3N3S. The molecule has 2 heterocycles. The first kappa shape index (κ1) is 13.9. The van der Waals surface area contributed by atoms with Crippen LogP contribution in [-0.4, -0.2) is 15.0 Å². The Balaban J connectivity index is 1.84. The minimum Gasteiger partial charge on any atom is -0.342 e. The van der Waals surface area contributed by atoms with Crippen molar-refractivity contribution in [1.82, 2.24) is 15.0 Å². The highest BCUT2D eigenvalue weighted by atomic mass is 32.2. The molecule has 7 heteroatoms. The average molecular weight is 309 g/mol. The van der Waals surface area contributed by atoms with Gasteiger partial charge in [0.05, 0.1) is 16.6 Å². The molecule has 0 unspecified atom stereocenters. The van der Waals surface area contributed by atoms with E-state index in [1.165, 1.54) is 17.8 Å². The Hall–Kier alpha value is -2.02. The summed E-state index contributed by atoms with van der Waals surface area (Å²) in [4.78, 5) is 12.1. The fraction of sp³-hybridized carbons (Fsp3) is 0.143. The van der Waals surface area contributed by atoms with Gasteiger partial charge in [0.2, 0.25) is 0 Å². The number of alkyl halides is 3. The molecule has 0 amide bonds. The second kappa shape index (κ2) is 5.07. The zero-order chi connectivity index (χ0) is 15.0. The van der Waals surface area contributed by atoms with Gasteiger partial charge in [-0.15, -0.1) is 0 Å². The molecule has 0 saturated heterocycles. The van der Waals surface area contributed by atoms with Crippen molar-refractivity contribution < 1.29 is 13.2 Å². The van der Waals surface area contributed by atoms with Crippen molar-refractivity contribution in [2.45, 2.75) is 23.0 Å². The highest BCUT2D eigenvalue weighted by Crippen LogP contribution is 2.32. The lowest BCUT2D eigenvalue weighted by atomic mass is 10.3. The monoisotopic (exact) mass is 309 g/mol. The van der Waals surface area contributed by atoms with Gasteiger partial charge in [-0.25, -0.2) is 9.97 Å². The molecule has 3 rings (SSSR count). The van der Waals surface area contributed by atoms with Crippen molar-refractivity contribution in [2.24, 2.45) is 0 Å². The van der Waals surface area contributed by atoms with Crippen LogP contribution in [0.15, 0.2) is 46.5 Å². The second-order valence-electron chi connectivity index (χ2n) is 4.49. The van der Waals surface area contributed by atoms with Crippen molar-refractivity contribution in [3.05, 3.63) is 47.9 Å². The summed E-state index contributed by atoms with van der Waals surface area (Å²) in [7, 11) is 0. The lowest BCUT2D eigenvalue weighted by molar-refractivity contribution is -0.137. The van der Waals surface area contributed by atoms with E-state index in [-0.39, 0.29) is 0 Å². The number of hydrogen-bond donors (Lipinski definition) is 1. The molecule has 0 radical (unpaired) electrons. The number of benzene rings is 1. The molecule has 3 aromatic rings. The maximum atomic E-state index is 12.5.